The Bertz CT molecular complexity index is 614. The first kappa shape index (κ1) is 14.6. The van der Waals surface area contributed by atoms with Crippen molar-refractivity contribution in [1.29, 1.82) is 0 Å². The first-order chi connectivity index (χ1) is 10.7. The number of terminal acetylenes is 1. The molecule has 0 spiro atoms. The topological polar surface area (TPSA) is 40.6 Å². The summed E-state index contributed by atoms with van der Waals surface area (Å²) >= 11 is 0. The standard InChI is InChI=1S/C18H20N2O2/c1-2-3-10-16(21)19-13-7-14-20(19)17(22)18(11-12-18)15-8-5-4-6-9-15/h1,4-6,8-9H,3,7,10-14H2. The van der Waals surface area contributed by atoms with Crippen molar-refractivity contribution in [3.05, 3.63) is 35.9 Å². The predicted octanol–water partition coefficient (Wildman–Crippen LogP) is 2.11. The van der Waals surface area contributed by atoms with Gasteiger partial charge in [-0.15, -0.1) is 12.3 Å². The Morgan fingerprint density at radius 3 is 2.45 bits per heavy atom. The zero-order valence-electron chi connectivity index (χ0n) is 12.6. The van der Waals surface area contributed by atoms with Crippen LogP contribution in [0.5, 0.6) is 0 Å². The highest BCUT2D eigenvalue weighted by Crippen LogP contribution is 2.50. The van der Waals surface area contributed by atoms with Gasteiger partial charge < -0.3 is 0 Å². The van der Waals surface area contributed by atoms with Gasteiger partial charge in [0.1, 0.15) is 0 Å². The van der Waals surface area contributed by atoms with E-state index in [9.17, 15) is 9.59 Å². The van der Waals surface area contributed by atoms with Gasteiger partial charge in [-0.25, -0.2) is 0 Å². The smallest absolute Gasteiger partial charge is 0.251 e. The van der Waals surface area contributed by atoms with Crippen molar-refractivity contribution in [3.63, 3.8) is 0 Å². The predicted molar refractivity (Wildman–Crippen MR) is 83.5 cm³/mol. The molecule has 0 unspecified atom stereocenters. The number of hydrogen-bond acceptors (Lipinski definition) is 2. The van der Waals surface area contributed by atoms with Crippen LogP contribution in [0.1, 0.15) is 37.7 Å². The van der Waals surface area contributed by atoms with Crippen molar-refractivity contribution in [2.24, 2.45) is 0 Å². The zero-order valence-corrected chi connectivity index (χ0v) is 12.6. The lowest BCUT2D eigenvalue weighted by atomic mass is 9.95. The van der Waals surface area contributed by atoms with Crippen LogP contribution >= 0.6 is 0 Å². The molecule has 3 rings (SSSR count). The molecule has 2 fully saturated rings. The highest BCUT2D eigenvalue weighted by Gasteiger charge is 2.54. The minimum Gasteiger partial charge on any atom is -0.273 e. The molecule has 4 nitrogen and oxygen atoms in total. The number of nitrogens with zero attached hydrogens (tertiary/aromatic N) is 2. The summed E-state index contributed by atoms with van der Waals surface area (Å²) in [6.45, 7) is 1.23. The van der Waals surface area contributed by atoms with Crippen molar-refractivity contribution in [2.75, 3.05) is 13.1 Å². The number of benzene rings is 1. The van der Waals surface area contributed by atoms with E-state index < -0.39 is 5.41 Å². The third-order valence-corrected chi connectivity index (χ3v) is 4.52. The maximum atomic E-state index is 13.0. The minimum absolute atomic E-state index is 0.0485. The molecule has 1 heterocycles. The van der Waals surface area contributed by atoms with E-state index in [-0.39, 0.29) is 11.8 Å². The lowest BCUT2D eigenvalue weighted by Crippen LogP contribution is -2.48. The molecule has 0 radical (unpaired) electrons. The Hall–Kier alpha value is -2.28. The average molecular weight is 296 g/mol. The van der Waals surface area contributed by atoms with Crippen LogP contribution in [0.15, 0.2) is 30.3 Å². The normalized spacial score (nSPS) is 18.9. The quantitative estimate of drug-likeness (QED) is 0.798. The van der Waals surface area contributed by atoms with Gasteiger partial charge in [0.05, 0.1) is 5.41 Å². The maximum absolute atomic E-state index is 13.0. The molecule has 0 bridgehead atoms. The van der Waals surface area contributed by atoms with Gasteiger partial charge in [-0.05, 0) is 24.8 Å². The number of carbonyl (C=O) groups excluding carboxylic acids is 2. The van der Waals surface area contributed by atoms with E-state index in [2.05, 4.69) is 5.92 Å². The van der Waals surface area contributed by atoms with Gasteiger partial charge in [0.2, 0.25) is 5.91 Å². The Morgan fingerprint density at radius 2 is 1.82 bits per heavy atom. The molecule has 4 heteroatoms. The SMILES string of the molecule is C#CCCC(=O)N1CCCN1C(=O)C1(c2ccccc2)CC1. The number of carbonyl (C=O) groups is 2. The van der Waals surface area contributed by atoms with Gasteiger partial charge >= 0.3 is 0 Å². The van der Waals surface area contributed by atoms with Crippen molar-refractivity contribution in [2.45, 2.75) is 37.5 Å². The molecule has 1 saturated carbocycles. The van der Waals surface area contributed by atoms with Crippen LogP contribution in [0.25, 0.3) is 0 Å². The van der Waals surface area contributed by atoms with E-state index in [4.69, 9.17) is 6.42 Å². The van der Waals surface area contributed by atoms with E-state index in [0.717, 1.165) is 24.8 Å². The largest absolute Gasteiger partial charge is 0.273 e. The van der Waals surface area contributed by atoms with Crippen LogP contribution in [-0.4, -0.2) is 34.9 Å². The van der Waals surface area contributed by atoms with Gasteiger partial charge in [0.25, 0.3) is 5.91 Å². The molecular weight excluding hydrogens is 276 g/mol. The summed E-state index contributed by atoms with van der Waals surface area (Å²) in [6, 6.07) is 9.89. The van der Waals surface area contributed by atoms with Crippen LogP contribution in [0.4, 0.5) is 0 Å². The average Bonchev–Trinajstić information content (AvgIpc) is 3.23. The molecule has 1 saturated heterocycles. The second-order valence-electron chi connectivity index (χ2n) is 5.95. The van der Waals surface area contributed by atoms with Crippen LogP contribution in [-0.2, 0) is 15.0 Å². The van der Waals surface area contributed by atoms with Gasteiger partial charge in [0.15, 0.2) is 0 Å². The first-order valence-electron chi connectivity index (χ1n) is 7.80. The Balaban J connectivity index is 1.77. The van der Waals surface area contributed by atoms with Gasteiger partial charge in [-0.2, -0.15) is 0 Å². The van der Waals surface area contributed by atoms with E-state index in [1.54, 1.807) is 10.0 Å². The fourth-order valence-corrected chi connectivity index (χ4v) is 3.15. The first-order valence-corrected chi connectivity index (χ1v) is 7.80. The van der Waals surface area contributed by atoms with E-state index >= 15 is 0 Å². The molecular formula is C18H20N2O2. The molecule has 1 aliphatic carbocycles. The van der Waals surface area contributed by atoms with Crippen molar-refractivity contribution in [1.82, 2.24) is 10.0 Å². The highest BCUT2D eigenvalue weighted by molar-refractivity contribution is 5.93. The molecule has 1 aromatic rings. The Labute approximate surface area is 131 Å². The highest BCUT2D eigenvalue weighted by atomic mass is 16.2. The zero-order chi connectivity index (χ0) is 15.6. The van der Waals surface area contributed by atoms with Crippen molar-refractivity contribution < 1.29 is 9.59 Å². The third-order valence-electron chi connectivity index (χ3n) is 4.52. The number of amides is 2. The summed E-state index contributed by atoms with van der Waals surface area (Å²) < 4.78 is 0. The molecule has 0 atom stereocenters. The molecule has 0 N–H and O–H groups in total. The fraction of sp³-hybridized carbons (Fsp3) is 0.444. The summed E-state index contributed by atoms with van der Waals surface area (Å²) in [4.78, 5) is 25.2. The lowest BCUT2D eigenvalue weighted by molar-refractivity contribution is -0.159. The minimum atomic E-state index is -0.420. The molecule has 1 aliphatic heterocycles. The molecule has 22 heavy (non-hydrogen) atoms. The van der Waals surface area contributed by atoms with Crippen LogP contribution in [0, 0.1) is 12.3 Å². The second-order valence-corrected chi connectivity index (χ2v) is 5.95. The van der Waals surface area contributed by atoms with Gasteiger partial charge in [-0.3, -0.25) is 19.6 Å². The third kappa shape index (κ3) is 2.48. The lowest BCUT2D eigenvalue weighted by Gasteiger charge is -2.31. The summed E-state index contributed by atoms with van der Waals surface area (Å²) in [5, 5.41) is 3.25. The molecule has 2 amide bonds. The summed E-state index contributed by atoms with van der Waals surface area (Å²) in [5.74, 6) is 2.50. The van der Waals surface area contributed by atoms with Crippen LogP contribution < -0.4 is 0 Å². The summed E-state index contributed by atoms with van der Waals surface area (Å²) in [7, 11) is 0. The number of rotatable bonds is 4. The van der Waals surface area contributed by atoms with E-state index in [1.165, 1.54) is 0 Å². The summed E-state index contributed by atoms with van der Waals surface area (Å²) in [6.07, 6.45) is 8.50. The Morgan fingerprint density at radius 1 is 1.14 bits per heavy atom. The monoisotopic (exact) mass is 296 g/mol. The number of hydrogen-bond donors (Lipinski definition) is 0. The molecule has 114 valence electrons. The Kier molecular flexibility index (Phi) is 3.89. The number of hydrazine groups is 1. The molecule has 1 aromatic carbocycles. The molecule has 2 aliphatic rings. The second kappa shape index (κ2) is 5.84. The van der Waals surface area contributed by atoms with E-state index in [1.807, 2.05) is 30.3 Å². The summed E-state index contributed by atoms with van der Waals surface area (Å²) in [5.41, 5.74) is 0.638. The van der Waals surface area contributed by atoms with Gasteiger partial charge in [0, 0.05) is 25.9 Å². The maximum Gasteiger partial charge on any atom is 0.251 e. The van der Waals surface area contributed by atoms with Crippen molar-refractivity contribution >= 4 is 11.8 Å². The van der Waals surface area contributed by atoms with E-state index in [0.29, 0.717) is 25.9 Å². The fourth-order valence-electron chi connectivity index (χ4n) is 3.15. The van der Waals surface area contributed by atoms with Crippen LogP contribution in [0.2, 0.25) is 0 Å². The van der Waals surface area contributed by atoms with Crippen LogP contribution in [0.3, 0.4) is 0 Å². The van der Waals surface area contributed by atoms with Gasteiger partial charge in [-0.1, -0.05) is 30.3 Å². The van der Waals surface area contributed by atoms with Crippen molar-refractivity contribution in [3.8, 4) is 12.3 Å². The molecule has 0 aromatic heterocycles.